The van der Waals surface area contributed by atoms with Crippen molar-refractivity contribution in [3.8, 4) is 5.75 Å². The zero-order valence-electron chi connectivity index (χ0n) is 10.9. The Hall–Kier alpha value is -1.56. The van der Waals surface area contributed by atoms with Crippen LogP contribution in [-0.2, 0) is 0 Å². The van der Waals surface area contributed by atoms with Crippen molar-refractivity contribution < 1.29 is 9.50 Å². The minimum atomic E-state index is -0.658. The van der Waals surface area contributed by atoms with Crippen LogP contribution in [0, 0.1) is 12.7 Å². The summed E-state index contributed by atoms with van der Waals surface area (Å²) < 4.78 is 13.7. The van der Waals surface area contributed by atoms with Crippen LogP contribution in [0.4, 0.5) is 15.8 Å². The lowest BCUT2D eigenvalue weighted by molar-refractivity contribution is 0.470. The molecule has 0 atom stereocenters. The van der Waals surface area contributed by atoms with Crippen molar-refractivity contribution in [2.24, 2.45) is 0 Å². The third-order valence-electron chi connectivity index (χ3n) is 2.72. The molecule has 7 heteroatoms. The van der Waals surface area contributed by atoms with E-state index in [4.69, 9.17) is 35.4 Å². The smallest absolute Gasteiger partial charge is 0.175 e. The van der Waals surface area contributed by atoms with Crippen molar-refractivity contribution in [3.63, 3.8) is 0 Å². The fourth-order valence-corrected chi connectivity index (χ4v) is 2.29. The number of phenolic OH excluding ortho intramolecular Hbond substituents is 1. The van der Waals surface area contributed by atoms with E-state index in [0.29, 0.717) is 5.02 Å². The fourth-order valence-electron chi connectivity index (χ4n) is 1.68. The van der Waals surface area contributed by atoms with E-state index in [0.717, 1.165) is 17.3 Å². The lowest BCUT2D eigenvalue weighted by Gasteiger charge is -2.13. The van der Waals surface area contributed by atoms with Crippen LogP contribution in [-0.4, -0.2) is 10.2 Å². The number of hydrogen-bond acceptors (Lipinski definition) is 2. The highest BCUT2D eigenvalue weighted by molar-refractivity contribution is 7.80. The Balaban J connectivity index is 2.13. The summed E-state index contributed by atoms with van der Waals surface area (Å²) in [4.78, 5) is 0. The van der Waals surface area contributed by atoms with E-state index in [9.17, 15) is 9.50 Å². The maximum absolute atomic E-state index is 13.7. The van der Waals surface area contributed by atoms with E-state index < -0.39 is 5.82 Å². The molecule has 0 saturated carbocycles. The number of aryl methyl sites for hydroxylation is 1. The van der Waals surface area contributed by atoms with Crippen LogP contribution in [0.3, 0.4) is 0 Å². The average molecular weight is 345 g/mol. The van der Waals surface area contributed by atoms with Gasteiger partial charge in [0.05, 0.1) is 10.7 Å². The molecule has 21 heavy (non-hydrogen) atoms. The Labute approximate surface area is 136 Å². The van der Waals surface area contributed by atoms with Gasteiger partial charge in [-0.1, -0.05) is 23.2 Å². The van der Waals surface area contributed by atoms with Gasteiger partial charge in [0.15, 0.2) is 5.11 Å². The average Bonchev–Trinajstić information content (AvgIpc) is 2.39. The van der Waals surface area contributed by atoms with Crippen molar-refractivity contribution in [2.75, 3.05) is 10.6 Å². The number of hydrogen-bond donors (Lipinski definition) is 3. The third kappa shape index (κ3) is 3.97. The molecule has 0 radical (unpaired) electrons. The van der Waals surface area contributed by atoms with Crippen molar-refractivity contribution in [1.29, 1.82) is 0 Å². The van der Waals surface area contributed by atoms with Gasteiger partial charge in [-0.3, -0.25) is 0 Å². The van der Waals surface area contributed by atoms with Crippen LogP contribution in [0.25, 0.3) is 0 Å². The second-order valence-corrected chi connectivity index (χ2v) is 5.57. The van der Waals surface area contributed by atoms with Crippen LogP contribution < -0.4 is 10.6 Å². The topological polar surface area (TPSA) is 44.3 Å². The Morgan fingerprint density at radius 1 is 1.14 bits per heavy atom. The normalized spacial score (nSPS) is 10.3. The highest BCUT2D eigenvalue weighted by Gasteiger charge is 2.10. The summed E-state index contributed by atoms with van der Waals surface area (Å²) >= 11 is 16.7. The molecule has 0 amide bonds. The van der Waals surface area contributed by atoms with E-state index in [1.165, 1.54) is 6.07 Å². The molecule has 0 saturated heterocycles. The molecule has 2 aromatic carbocycles. The lowest BCUT2D eigenvalue weighted by Crippen LogP contribution is -2.20. The van der Waals surface area contributed by atoms with Gasteiger partial charge in [-0.2, -0.15) is 0 Å². The molecule has 0 fully saturated rings. The zero-order chi connectivity index (χ0) is 15.6. The van der Waals surface area contributed by atoms with Gasteiger partial charge in [-0.05, 0) is 49.0 Å². The number of anilines is 2. The molecule has 0 heterocycles. The van der Waals surface area contributed by atoms with Gasteiger partial charge in [-0.15, -0.1) is 0 Å². The highest BCUT2D eigenvalue weighted by Crippen LogP contribution is 2.29. The first-order valence-electron chi connectivity index (χ1n) is 5.89. The van der Waals surface area contributed by atoms with Crippen molar-refractivity contribution in [2.45, 2.75) is 6.92 Å². The number of rotatable bonds is 2. The molecule has 0 aromatic heterocycles. The van der Waals surface area contributed by atoms with E-state index in [1.54, 1.807) is 18.2 Å². The van der Waals surface area contributed by atoms with Crippen LogP contribution in [0.1, 0.15) is 5.56 Å². The molecule has 0 unspecified atom stereocenters. The van der Waals surface area contributed by atoms with Gasteiger partial charge in [0, 0.05) is 16.8 Å². The first-order valence-corrected chi connectivity index (χ1v) is 7.05. The van der Waals surface area contributed by atoms with Gasteiger partial charge in [0.2, 0.25) is 0 Å². The van der Waals surface area contributed by atoms with Crippen molar-refractivity contribution in [3.05, 3.63) is 51.8 Å². The summed E-state index contributed by atoms with van der Waals surface area (Å²) in [6.07, 6.45) is 0. The SMILES string of the molecule is Cc1cc(Cl)ccc1NC(=S)Nc1cc(Cl)c(O)cc1F. The van der Waals surface area contributed by atoms with Gasteiger partial charge in [0.1, 0.15) is 11.6 Å². The summed E-state index contributed by atoms with van der Waals surface area (Å²) in [5.74, 6) is -0.985. The van der Waals surface area contributed by atoms with E-state index >= 15 is 0 Å². The van der Waals surface area contributed by atoms with E-state index in [-0.39, 0.29) is 21.6 Å². The fraction of sp³-hybridized carbons (Fsp3) is 0.0714. The maximum atomic E-state index is 13.7. The maximum Gasteiger partial charge on any atom is 0.175 e. The predicted molar refractivity (Wildman–Crippen MR) is 89.1 cm³/mol. The number of thiocarbonyl (C=S) groups is 1. The summed E-state index contributed by atoms with van der Waals surface area (Å²) in [6, 6.07) is 7.45. The minimum absolute atomic E-state index is 0.0318. The molecule has 3 nitrogen and oxygen atoms in total. The molecule has 0 aliphatic heterocycles. The number of benzene rings is 2. The number of aromatic hydroxyl groups is 1. The van der Waals surface area contributed by atoms with E-state index in [2.05, 4.69) is 10.6 Å². The monoisotopic (exact) mass is 344 g/mol. The van der Waals surface area contributed by atoms with Gasteiger partial charge >= 0.3 is 0 Å². The molecular formula is C14H11Cl2FN2OS. The molecule has 2 rings (SSSR count). The number of phenols is 1. The van der Waals surface area contributed by atoms with Gasteiger partial charge < -0.3 is 15.7 Å². The highest BCUT2D eigenvalue weighted by atomic mass is 35.5. The zero-order valence-corrected chi connectivity index (χ0v) is 13.2. The molecule has 0 aliphatic carbocycles. The molecule has 0 aliphatic rings. The van der Waals surface area contributed by atoms with E-state index in [1.807, 2.05) is 6.92 Å². The summed E-state index contributed by atoms with van der Waals surface area (Å²) in [5.41, 5.74) is 1.72. The third-order valence-corrected chi connectivity index (χ3v) is 3.46. The number of halogens is 3. The second kappa shape index (κ2) is 6.47. The molecule has 3 N–H and O–H groups in total. The van der Waals surface area contributed by atoms with Crippen molar-refractivity contribution in [1.82, 2.24) is 0 Å². The first-order chi connectivity index (χ1) is 9.86. The number of nitrogens with one attached hydrogen (secondary N) is 2. The molecule has 2 aromatic rings. The second-order valence-electron chi connectivity index (χ2n) is 4.32. The largest absolute Gasteiger partial charge is 0.506 e. The van der Waals surface area contributed by atoms with Crippen LogP contribution in [0.15, 0.2) is 30.3 Å². The molecular weight excluding hydrogens is 334 g/mol. The molecule has 0 bridgehead atoms. The lowest BCUT2D eigenvalue weighted by atomic mass is 10.2. The van der Waals surface area contributed by atoms with Gasteiger partial charge in [-0.25, -0.2) is 4.39 Å². The van der Waals surface area contributed by atoms with Crippen molar-refractivity contribution >= 4 is 51.9 Å². The van der Waals surface area contributed by atoms with Gasteiger partial charge in [0.25, 0.3) is 0 Å². The predicted octanol–water partition coefficient (Wildman–Crippen LogP) is 4.96. The Morgan fingerprint density at radius 3 is 2.48 bits per heavy atom. The van der Waals surface area contributed by atoms with Crippen LogP contribution in [0.2, 0.25) is 10.0 Å². The van der Waals surface area contributed by atoms with Crippen LogP contribution in [0.5, 0.6) is 5.75 Å². The quantitative estimate of drug-likeness (QED) is 0.532. The summed E-state index contributed by atoms with van der Waals surface area (Å²) in [6.45, 7) is 1.87. The minimum Gasteiger partial charge on any atom is -0.506 e. The first kappa shape index (κ1) is 15.8. The molecule has 110 valence electrons. The van der Waals surface area contributed by atoms with Crippen LogP contribution >= 0.6 is 35.4 Å². The Bertz CT molecular complexity index is 710. The Kier molecular flexibility index (Phi) is 4.88. The summed E-state index contributed by atoms with van der Waals surface area (Å²) in [5, 5.41) is 15.8. The molecule has 0 spiro atoms. The summed E-state index contributed by atoms with van der Waals surface area (Å²) in [7, 11) is 0. The Morgan fingerprint density at radius 2 is 1.81 bits per heavy atom. The standard InChI is InChI=1S/C14H11Cl2FN2OS/c1-7-4-8(15)2-3-11(7)18-14(21)19-12-5-9(16)13(20)6-10(12)17/h2-6,20H,1H3,(H2,18,19,21).